The summed E-state index contributed by atoms with van der Waals surface area (Å²) in [4.78, 5) is 38.9. The second kappa shape index (κ2) is 9.18. The van der Waals surface area contributed by atoms with Crippen molar-refractivity contribution in [3.8, 4) is 0 Å². The topological polar surface area (TPSA) is 78.5 Å². The summed E-state index contributed by atoms with van der Waals surface area (Å²) in [5, 5.41) is 6.08. The number of amides is 4. The van der Waals surface area contributed by atoms with Gasteiger partial charge in [0.05, 0.1) is 0 Å². The minimum Gasteiger partial charge on any atom is -0.354 e. The monoisotopic (exact) mass is 469 g/mol. The van der Waals surface area contributed by atoms with Crippen molar-refractivity contribution in [1.29, 1.82) is 0 Å². The molecule has 0 aliphatic carbocycles. The van der Waals surface area contributed by atoms with Crippen LogP contribution in [0.1, 0.15) is 55.5 Å². The van der Waals surface area contributed by atoms with E-state index in [4.69, 9.17) is 11.6 Å². The minimum absolute atomic E-state index is 0.0750. The van der Waals surface area contributed by atoms with Crippen molar-refractivity contribution in [3.63, 3.8) is 0 Å². The van der Waals surface area contributed by atoms with Crippen LogP contribution >= 0.6 is 11.6 Å². The number of carbonyl (C=O) groups excluding carboxylic acids is 3. The van der Waals surface area contributed by atoms with Gasteiger partial charge >= 0.3 is 6.03 Å². The van der Waals surface area contributed by atoms with E-state index < -0.39 is 17.5 Å². The fourth-order valence-corrected chi connectivity index (χ4v) is 4.29. The number of rotatable bonds is 6. The lowest BCUT2D eigenvalue weighted by Gasteiger charge is -2.23. The zero-order chi connectivity index (χ0) is 24.6. The third-order valence-corrected chi connectivity index (χ3v) is 6.51. The van der Waals surface area contributed by atoms with Gasteiger partial charge in [-0.2, -0.15) is 0 Å². The first kappa shape index (κ1) is 24.8. The smallest absolute Gasteiger partial charge is 0.325 e. The number of benzene rings is 2. The predicted molar refractivity (Wildman–Crippen MR) is 130 cm³/mol. The Bertz CT molecular complexity index is 1070. The normalized spacial score (nSPS) is 18.5. The second-order valence-electron chi connectivity index (χ2n) is 9.89. The SMILES string of the molecule is Cc1cc(C(C)(C)C)cc(C)c1CCNC(=O)CN1C(=O)NC(C)(c2ccc(Cl)cc2)C1=O. The number of hydrogen-bond donors (Lipinski definition) is 2. The van der Waals surface area contributed by atoms with E-state index in [1.54, 1.807) is 31.2 Å². The largest absolute Gasteiger partial charge is 0.354 e. The van der Waals surface area contributed by atoms with E-state index in [1.165, 1.54) is 22.3 Å². The zero-order valence-electron chi connectivity index (χ0n) is 20.1. The summed E-state index contributed by atoms with van der Waals surface area (Å²) in [5.41, 5.74) is 4.33. The molecule has 2 aromatic carbocycles. The summed E-state index contributed by atoms with van der Waals surface area (Å²) in [5.74, 6) is -0.838. The fourth-order valence-electron chi connectivity index (χ4n) is 4.17. The summed E-state index contributed by atoms with van der Waals surface area (Å²) in [6.45, 7) is 12.5. The average molecular weight is 470 g/mol. The van der Waals surface area contributed by atoms with Gasteiger partial charge in [0.25, 0.3) is 5.91 Å². The fraction of sp³-hybridized carbons (Fsp3) is 0.423. The van der Waals surface area contributed by atoms with E-state index >= 15 is 0 Å². The Morgan fingerprint density at radius 3 is 2.21 bits per heavy atom. The summed E-state index contributed by atoms with van der Waals surface area (Å²) < 4.78 is 0. The molecule has 33 heavy (non-hydrogen) atoms. The second-order valence-corrected chi connectivity index (χ2v) is 10.3. The molecule has 6 nitrogen and oxygen atoms in total. The number of hydrogen-bond acceptors (Lipinski definition) is 3. The molecule has 4 amide bonds. The number of urea groups is 1. The lowest BCUT2D eigenvalue weighted by atomic mass is 9.83. The van der Waals surface area contributed by atoms with Gasteiger partial charge in [-0.05, 0) is 72.6 Å². The molecule has 1 fully saturated rings. The molecule has 0 aromatic heterocycles. The average Bonchev–Trinajstić information content (AvgIpc) is 2.93. The van der Waals surface area contributed by atoms with Crippen LogP contribution in [0.25, 0.3) is 0 Å². The Morgan fingerprint density at radius 2 is 1.67 bits per heavy atom. The van der Waals surface area contributed by atoms with Crippen LogP contribution in [0.4, 0.5) is 4.79 Å². The molecule has 0 spiro atoms. The molecule has 1 aliphatic rings. The zero-order valence-corrected chi connectivity index (χ0v) is 20.9. The standard InChI is InChI=1S/C26H32ClN3O3/c1-16-13-19(25(3,4)5)14-17(2)21(16)11-12-28-22(31)15-30-23(32)26(6,29-24(30)33)18-7-9-20(27)10-8-18/h7-10,13-14H,11-12,15H2,1-6H3,(H,28,31)(H,29,33). The molecule has 2 N–H and O–H groups in total. The van der Waals surface area contributed by atoms with Crippen LogP contribution in [-0.4, -0.2) is 35.8 Å². The van der Waals surface area contributed by atoms with Crippen LogP contribution < -0.4 is 10.6 Å². The van der Waals surface area contributed by atoms with E-state index in [9.17, 15) is 14.4 Å². The van der Waals surface area contributed by atoms with Gasteiger partial charge in [0.2, 0.25) is 5.91 Å². The Labute approximate surface area is 200 Å². The van der Waals surface area contributed by atoms with Crippen LogP contribution in [0.3, 0.4) is 0 Å². The Balaban J connectivity index is 1.61. The molecule has 0 radical (unpaired) electrons. The van der Waals surface area contributed by atoms with Gasteiger partial charge in [0, 0.05) is 11.6 Å². The molecule has 176 valence electrons. The number of carbonyl (C=O) groups is 3. The van der Waals surface area contributed by atoms with Crippen LogP contribution in [0.2, 0.25) is 5.02 Å². The van der Waals surface area contributed by atoms with Crippen LogP contribution in [0, 0.1) is 13.8 Å². The first-order valence-corrected chi connectivity index (χ1v) is 11.5. The van der Waals surface area contributed by atoms with Gasteiger partial charge in [-0.15, -0.1) is 0 Å². The Kier molecular flexibility index (Phi) is 6.89. The quantitative estimate of drug-likeness (QED) is 0.616. The molecule has 1 aliphatic heterocycles. The van der Waals surface area contributed by atoms with Gasteiger partial charge in [0.1, 0.15) is 12.1 Å². The molecule has 0 bridgehead atoms. The maximum absolute atomic E-state index is 13.0. The summed E-state index contributed by atoms with van der Waals surface area (Å²) in [6, 6.07) is 10.5. The van der Waals surface area contributed by atoms with Crippen molar-refractivity contribution in [1.82, 2.24) is 15.5 Å². The van der Waals surface area contributed by atoms with Crippen LogP contribution in [0.15, 0.2) is 36.4 Å². The lowest BCUT2D eigenvalue weighted by molar-refractivity contribution is -0.134. The maximum atomic E-state index is 13.0. The number of nitrogens with zero attached hydrogens (tertiary/aromatic N) is 1. The van der Waals surface area contributed by atoms with Gasteiger partial charge < -0.3 is 10.6 Å². The minimum atomic E-state index is -1.23. The van der Waals surface area contributed by atoms with Gasteiger partial charge in [0.15, 0.2) is 0 Å². The van der Waals surface area contributed by atoms with Crippen molar-refractivity contribution < 1.29 is 14.4 Å². The van der Waals surface area contributed by atoms with Crippen molar-refractivity contribution in [2.45, 2.75) is 58.9 Å². The Morgan fingerprint density at radius 1 is 1.09 bits per heavy atom. The molecule has 1 unspecified atom stereocenters. The maximum Gasteiger partial charge on any atom is 0.325 e. The third-order valence-electron chi connectivity index (χ3n) is 6.26. The van der Waals surface area contributed by atoms with E-state index in [1.807, 2.05) is 0 Å². The number of nitrogens with one attached hydrogen (secondary N) is 2. The van der Waals surface area contributed by atoms with Gasteiger partial charge in [-0.25, -0.2) is 4.79 Å². The summed E-state index contributed by atoms with van der Waals surface area (Å²) in [7, 11) is 0. The highest BCUT2D eigenvalue weighted by Crippen LogP contribution is 2.30. The van der Waals surface area contributed by atoms with E-state index in [2.05, 4.69) is 57.4 Å². The Hall–Kier alpha value is -2.86. The first-order valence-electron chi connectivity index (χ1n) is 11.1. The first-order chi connectivity index (χ1) is 15.3. The van der Waals surface area contributed by atoms with E-state index in [-0.39, 0.29) is 17.9 Å². The lowest BCUT2D eigenvalue weighted by Crippen LogP contribution is -2.43. The van der Waals surface area contributed by atoms with Gasteiger partial charge in [-0.1, -0.05) is 56.6 Å². The highest BCUT2D eigenvalue weighted by Gasteiger charge is 2.49. The number of halogens is 1. The molecule has 1 atom stereocenters. The molecule has 2 aromatic rings. The van der Waals surface area contributed by atoms with E-state index in [0.717, 1.165) is 4.90 Å². The predicted octanol–water partition coefficient (Wildman–Crippen LogP) is 4.38. The van der Waals surface area contributed by atoms with E-state index in [0.29, 0.717) is 23.6 Å². The van der Waals surface area contributed by atoms with Crippen molar-refractivity contribution in [2.75, 3.05) is 13.1 Å². The summed E-state index contributed by atoms with van der Waals surface area (Å²) in [6.07, 6.45) is 0.677. The molecule has 1 heterocycles. The van der Waals surface area contributed by atoms with Crippen molar-refractivity contribution >= 4 is 29.4 Å². The number of aryl methyl sites for hydroxylation is 2. The van der Waals surface area contributed by atoms with Crippen LogP contribution in [-0.2, 0) is 27.0 Å². The molecule has 3 rings (SSSR count). The third kappa shape index (κ3) is 5.22. The van der Waals surface area contributed by atoms with Crippen molar-refractivity contribution in [2.24, 2.45) is 0 Å². The van der Waals surface area contributed by atoms with Crippen LogP contribution in [0.5, 0.6) is 0 Å². The molecule has 1 saturated heterocycles. The van der Waals surface area contributed by atoms with Crippen molar-refractivity contribution in [3.05, 3.63) is 69.2 Å². The van der Waals surface area contributed by atoms with Gasteiger partial charge in [-0.3, -0.25) is 14.5 Å². The summed E-state index contributed by atoms with van der Waals surface area (Å²) >= 11 is 5.93. The molecule has 0 saturated carbocycles. The molecule has 7 heteroatoms. The molecular weight excluding hydrogens is 438 g/mol. The highest BCUT2D eigenvalue weighted by atomic mass is 35.5. The molecular formula is C26H32ClN3O3. The number of imide groups is 1. The highest BCUT2D eigenvalue weighted by molar-refractivity contribution is 6.30.